The Bertz CT molecular complexity index is 2240. The number of carbonyl (C=O) groups is 1. The number of piperazine rings is 1. The molecule has 1 aromatic heterocycles. The molecule has 3 N–H and O–H groups in total. The molecule has 11 nitrogen and oxygen atoms in total. The summed E-state index contributed by atoms with van der Waals surface area (Å²) < 4.78 is 19.5. The maximum absolute atomic E-state index is 12.8. The van der Waals surface area contributed by atoms with Crippen molar-refractivity contribution in [2.24, 2.45) is 5.92 Å². The minimum atomic E-state index is -0.588. The van der Waals surface area contributed by atoms with Gasteiger partial charge in [0, 0.05) is 68.8 Å². The van der Waals surface area contributed by atoms with E-state index in [-0.39, 0.29) is 30.8 Å². The van der Waals surface area contributed by atoms with Gasteiger partial charge in [0.05, 0.1) is 18.8 Å². The normalized spacial score (nSPS) is 19.7. The topological polar surface area (TPSA) is 121 Å². The third kappa shape index (κ3) is 9.70. The Hall–Kier alpha value is -6.11. The summed E-state index contributed by atoms with van der Waals surface area (Å²) in [6.45, 7) is 6.77. The summed E-state index contributed by atoms with van der Waals surface area (Å²) in [5.74, 6) is 2.28. The summed E-state index contributed by atoms with van der Waals surface area (Å²) in [6.07, 6.45) is 2.69. The fraction of sp³-hybridized carbons (Fsp3) is 0.255. The van der Waals surface area contributed by atoms with Crippen molar-refractivity contribution in [1.29, 1.82) is 0 Å². The van der Waals surface area contributed by atoms with Crippen molar-refractivity contribution in [2.75, 3.05) is 42.9 Å². The molecule has 0 spiro atoms. The second-order valence-electron chi connectivity index (χ2n) is 14.7. The summed E-state index contributed by atoms with van der Waals surface area (Å²) >= 11 is 0. The molecular formula is C47H48N6O5. The minimum absolute atomic E-state index is 0.00650. The lowest BCUT2D eigenvalue weighted by Crippen LogP contribution is -2.51. The number of nitrogens with zero attached hydrogens (tertiary/aromatic N) is 4. The van der Waals surface area contributed by atoms with Gasteiger partial charge in [0.15, 0.2) is 6.29 Å². The average Bonchev–Trinajstić information content (AvgIpc) is 3.28. The van der Waals surface area contributed by atoms with E-state index in [0.717, 1.165) is 77.8 Å². The van der Waals surface area contributed by atoms with Gasteiger partial charge in [-0.1, -0.05) is 85.8 Å². The number of amides is 2. The number of carbonyl (C=O) groups excluding carboxylic acids is 1. The van der Waals surface area contributed by atoms with Crippen LogP contribution in [0.4, 0.5) is 16.4 Å². The van der Waals surface area contributed by atoms with Gasteiger partial charge in [-0.2, -0.15) is 0 Å². The Kier molecular flexibility index (Phi) is 12.3. The number of nitrogens with one attached hydrogen (secondary N) is 2. The van der Waals surface area contributed by atoms with Crippen molar-refractivity contribution in [3.8, 4) is 22.6 Å². The van der Waals surface area contributed by atoms with E-state index in [2.05, 4.69) is 79.8 Å². The van der Waals surface area contributed by atoms with Crippen molar-refractivity contribution in [3.63, 3.8) is 0 Å². The molecule has 11 heteroatoms. The Labute approximate surface area is 339 Å². The maximum Gasteiger partial charge on any atom is 0.319 e. The molecule has 2 aliphatic rings. The zero-order chi connectivity index (χ0) is 39.7. The first-order chi connectivity index (χ1) is 28.5. The molecule has 3 heterocycles. The first kappa shape index (κ1) is 38.7. The third-order valence-electron chi connectivity index (χ3n) is 10.7. The van der Waals surface area contributed by atoms with Crippen molar-refractivity contribution in [1.82, 2.24) is 20.2 Å². The smallest absolute Gasteiger partial charge is 0.319 e. The van der Waals surface area contributed by atoms with Gasteiger partial charge in [0.25, 0.3) is 0 Å². The molecule has 4 atom stereocenters. The summed E-state index contributed by atoms with van der Waals surface area (Å²) in [5, 5.41) is 15.6. The van der Waals surface area contributed by atoms with E-state index in [0.29, 0.717) is 18.0 Å². The Morgan fingerprint density at radius 3 is 2.19 bits per heavy atom. The lowest BCUT2D eigenvalue weighted by Gasteiger charge is -2.44. The van der Waals surface area contributed by atoms with Gasteiger partial charge in [0.2, 0.25) is 5.95 Å². The summed E-state index contributed by atoms with van der Waals surface area (Å²) in [6, 6.07) is 42.9. The van der Waals surface area contributed by atoms with Gasteiger partial charge < -0.3 is 34.9 Å². The molecule has 0 saturated carbocycles. The van der Waals surface area contributed by atoms with Crippen LogP contribution in [0.5, 0.6) is 11.5 Å². The molecule has 0 unspecified atom stereocenters. The predicted molar refractivity (Wildman–Crippen MR) is 224 cm³/mol. The van der Waals surface area contributed by atoms with Gasteiger partial charge in [-0.15, -0.1) is 0 Å². The molecule has 0 aliphatic carbocycles. The van der Waals surface area contributed by atoms with Crippen LogP contribution in [0.1, 0.15) is 41.6 Å². The van der Waals surface area contributed by atoms with Gasteiger partial charge in [-0.3, -0.25) is 4.90 Å². The monoisotopic (exact) mass is 776 g/mol. The maximum atomic E-state index is 12.8. The third-order valence-corrected chi connectivity index (χ3v) is 10.7. The number of aliphatic hydroxyl groups excluding tert-OH is 1. The number of anilines is 2. The van der Waals surface area contributed by atoms with Crippen LogP contribution in [0, 0.1) is 5.92 Å². The van der Waals surface area contributed by atoms with Crippen LogP contribution in [0.15, 0.2) is 146 Å². The molecule has 296 valence electrons. The molecular weight excluding hydrogens is 729 g/mol. The van der Waals surface area contributed by atoms with Crippen molar-refractivity contribution >= 4 is 17.7 Å². The SMILES string of the molecule is C[C@@H]1[C@H](CN2CCN(c3ncccn3)CC2)O[C@H](c2cccc(-c3cccc(CNC(=O)Nc4ccc(Oc5ccccc5)cc4)c3)c2)O[C@@H]1c1ccc(CO)cc1. The molecule has 2 fully saturated rings. The van der Waals surface area contributed by atoms with E-state index in [1.807, 2.05) is 91.0 Å². The van der Waals surface area contributed by atoms with Gasteiger partial charge in [0.1, 0.15) is 11.5 Å². The van der Waals surface area contributed by atoms with Crippen LogP contribution >= 0.6 is 0 Å². The summed E-state index contributed by atoms with van der Waals surface area (Å²) in [5.41, 5.74) is 6.53. The number of aliphatic hydroxyl groups is 1. The predicted octanol–water partition coefficient (Wildman–Crippen LogP) is 8.36. The Balaban J connectivity index is 0.926. The van der Waals surface area contributed by atoms with Crippen LogP contribution in [-0.4, -0.2) is 64.8 Å². The molecule has 5 aromatic carbocycles. The largest absolute Gasteiger partial charge is 0.457 e. The first-order valence-corrected chi connectivity index (χ1v) is 19.8. The second kappa shape index (κ2) is 18.4. The number of rotatable bonds is 12. The van der Waals surface area contributed by atoms with E-state index in [1.54, 1.807) is 12.4 Å². The molecule has 0 bridgehead atoms. The van der Waals surface area contributed by atoms with Gasteiger partial charge in [-0.05, 0) is 82.4 Å². The zero-order valence-electron chi connectivity index (χ0n) is 32.5. The van der Waals surface area contributed by atoms with Crippen LogP contribution in [0.2, 0.25) is 0 Å². The molecule has 8 rings (SSSR count). The zero-order valence-corrected chi connectivity index (χ0v) is 32.5. The summed E-state index contributed by atoms with van der Waals surface area (Å²) in [4.78, 5) is 26.4. The minimum Gasteiger partial charge on any atom is -0.457 e. The molecule has 2 amide bonds. The number of urea groups is 1. The second-order valence-corrected chi connectivity index (χ2v) is 14.7. The molecule has 58 heavy (non-hydrogen) atoms. The van der Waals surface area contributed by atoms with E-state index in [9.17, 15) is 9.90 Å². The van der Waals surface area contributed by atoms with E-state index in [1.165, 1.54) is 0 Å². The summed E-state index contributed by atoms with van der Waals surface area (Å²) in [7, 11) is 0. The van der Waals surface area contributed by atoms with Gasteiger partial charge in [-0.25, -0.2) is 14.8 Å². The lowest BCUT2D eigenvalue weighted by molar-refractivity contribution is -0.276. The van der Waals surface area contributed by atoms with Crippen LogP contribution < -0.4 is 20.3 Å². The Morgan fingerprint density at radius 1 is 0.741 bits per heavy atom. The van der Waals surface area contributed by atoms with Crippen LogP contribution in [0.25, 0.3) is 11.1 Å². The highest BCUT2D eigenvalue weighted by Crippen LogP contribution is 2.42. The van der Waals surface area contributed by atoms with E-state index >= 15 is 0 Å². The molecule has 2 saturated heterocycles. The number of aromatic nitrogens is 2. The van der Waals surface area contributed by atoms with Crippen LogP contribution in [0.3, 0.4) is 0 Å². The highest BCUT2D eigenvalue weighted by molar-refractivity contribution is 5.89. The number of hydrogen-bond donors (Lipinski definition) is 3. The standard InChI is InChI=1S/C47H48N6O5/c1-33-43(31-52-24-26-53(27-25-52)46-48-22-7-23-49-46)57-45(58-44(33)36-16-14-34(32-54)15-17-36)39-11-6-10-38(29-39)37-9-5-8-35(28-37)30-50-47(55)51-40-18-20-42(21-19-40)56-41-12-3-2-4-13-41/h2-23,28-29,33,43-45,54H,24-27,30-32H2,1H3,(H2,50,51,55)/t33-,43+,44+,45+/m1/s1. The van der Waals surface area contributed by atoms with Crippen molar-refractivity contribution < 1.29 is 24.1 Å². The highest BCUT2D eigenvalue weighted by Gasteiger charge is 2.39. The van der Waals surface area contributed by atoms with Crippen molar-refractivity contribution in [3.05, 3.63) is 168 Å². The van der Waals surface area contributed by atoms with E-state index in [4.69, 9.17) is 14.2 Å². The van der Waals surface area contributed by atoms with Crippen molar-refractivity contribution in [2.45, 2.75) is 38.6 Å². The molecule has 2 aliphatic heterocycles. The number of para-hydroxylation sites is 1. The molecule has 0 radical (unpaired) electrons. The average molecular weight is 777 g/mol. The Morgan fingerprint density at radius 2 is 1.45 bits per heavy atom. The number of ether oxygens (including phenoxy) is 3. The van der Waals surface area contributed by atoms with Crippen LogP contribution in [-0.2, 0) is 22.6 Å². The number of hydrogen-bond acceptors (Lipinski definition) is 9. The number of benzene rings is 5. The lowest BCUT2D eigenvalue weighted by atomic mass is 9.89. The fourth-order valence-electron chi connectivity index (χ4n) is 7.48. The highest BCUT2D eigenvalue weighted by atomic mass is 16.7. The fourth-order valence-corrected chi connectivity index (χ4v) is 7.48. The first-order valence-electron chi connectivity index (χ1n) is 19.8. The van der Waals surface area contributed by atoms with Gasteiger partial charge >= 0.3 is 6.03 Å². The van der Waals surface area contributed by atoms with E-state index < -0.39 is 6.29 Å². The quantitative estimate of drug-likeness (QED) is 0.113. The molecule has 6 aromatic rings.